The second kappa shape index (κ2) is 5.84. The molecule has 0 radical (unpaired) electrons. The first-order valence-electron chi connectivity index (χ1n) is 4.36. The molecule has 0 bridgehead atoms. The average Bonchev–Trinajstić information content (AvgIpc) is 2.14. The molecule has 0 atom stereocenters. The van der Waals surface area contributed by atoms with Crippen LogP contribution >= 0.6 is 31.1 Å². The van der Waals surface area contributed by atoms with Crippen LogP contribution in [0.1, 0.15) is 12.5 Å². The fourth-order valence-corrected chi connectivity index (χ4v) is 2.59. The van der Waals surface area contributed by atoms with Crippen molar-refractivity contribution < 1.29 is 14.4 Å². The minimum absolute atomic E-state index is 0.364. The highest BCUT2D eigenvalue weighted by Gasteiger charge is 2.10. The van der Waals surface area contributed by atoms with E-state index in [-0.39, 0.29) is 0 Å². The van der Waals surface area contributed by atoms with Gasteiger partial charge in [-0.05, 0) is 24.6 Å². The molecule has 0 amide bonds. The molecule has 0 aromatic heterocycles. The standard InChI is InChI=1S/C9H11ClNO3PS/c1-7(11-15(12,13)14)16-6-8-2-4-9(10)5-3-8/h2-5H,6H2,1H3,(H2,12,13,14)/b11-7+. The van der Waals surface area contributed by atoms with E-state index >= 15 is 0 Å². The predicted octanol–water partition coefficient (Wildman–Crippen LogP) is 3.08. The first-order chi connectivity index (χ1) is 7.37. The normalized spacial score (nSPS) is 12.9. The lowest BCUT2D eigenvalue weighted by molar-refractivity contribution is 0.375. The van der Waals surface area contributed by atoms with E-state index in [0.29, 0.717) is 15.8 Å². The Morgan fingerprint density at radius 3 is 2.50 bits per heavy atom. The molecule has 7 heteroatoms. The Morgan fingerprint density at radius 1 is 1.44 bits per heavy atom. The van der Waals surface area contributed by atoms with Gasteiger partial charge in [0.25, 0.3) is 0 Å². The number of hydrogen-bond acceptors (Lipinski definition) is 2. The number of rotatable bonds is 3. The maximum absolute atomic E-state index is 10.6. The molecule has 0 heterocycles. The van der Waals surface area contributed by atoms with E-state index in [2.05, 4.69) is 4.76 Å². The second-order valence-corrected chi connectivity index (χ2v) is 5.88. The van der Waals surface area contributed by atoms with E-state index in [9.17, 15) is 4.57 Å². The van der Waals surface area contributed by atoms with Crippen molar-refractivity contribution in [3.63, 3.8) is 0 Å². The predicted molar refractivity (Wildman–Crippen MR) is 67.9 cm³/mol. The van der Waals surface area contributed by atoms with Crippen molar-refractivity contribution in [3.05, 3.63) is 34.9 Å². The van der Waals surface area contributed by atoms with Crippen LogP contribution in [0.2, 0.25) is 5.02 Å². The van der Waals surface area contributed by atoms with Crippen LogP contribution in [0.5, 0.6) is 0 Å². The maximum Gasteiger partial charge on any atom is 0.449 e. The minimum Gasteiger partial charge on any atom is -0.307 e. The van der Waals surface area contributed by atoms with Crippen molar-refractivity contribution >= 4 is 36.2 Å². The number of hydrogen-bond donors (Lipinski definition) is 2. The Balaban J connectivity index is 2.55. The highest BCUT2D eigenvalue weighted by molar-refractivity contribution is 8.13. The van der Waals surface area contributed by atoms with E-state index < -0.39 is 7.75 Å². The average molecular weight is 280 g/mol. The van der Waals surface area contributed by atoms with Gasteiger partial charge in [-0.25, -0.2) is 4.57 Å². The van der Waals surface area contributed by atoms with Crippen LogP contribution in [0.4, 0.5) is 0 Å². The quantitative estimate of drug-likeness (QED) is 0.507. The summed E-state index contributed by atoms with van der Waals surface area (Å²) in [5.41, 5.74) is 1.02. The maximum atomic E-state index is 10.6. The molecule has 0 aliphatic carbocycles. The topological polar surface area (TPSA) is 69.9 Å². The van der Waals surface area contributed by atoms with Gasteiger partial charge in [0.05, 0.1) is 5.04 Å². The molecule has 2 N–H and O–H groups in total. The summed E-state index contributed by atoms with van der Waals surface area (Å²) in [5.74, 6) is 0.604. The van der Waals surface area contributed by atoms with Crippen molar-refractivity contribution in [3.8, 4) is 0 Å². The van der Waals surface area contributed by atoms with Crippen molar-refractivity contribution in [1.29, 1.82) is 0 Å². The fourth-order valence-electron chi connectivity index (χ4n) is 0.981. The van der Waals surface area contributed by atoms with Gasteiger partial charge in [-0.3, -0.25) is 0 Å². The smallest absolute Gasteiger partial charge is 0.307 e. The third kappa shape index (κ3) is 5.68. The summed E-state index contributed by atoms with van der Waals surface area (Å²) in [6, 6.07) is 7.26. The molecule has 0 fully saturated rings. The molecule has 0 saturated carbocycles. The second-order valence-electron chi connectivity index (χ2n) is 3.05. The molecule has 0 spiro atoms. The van der Waals surface area contributed by atoms with E-state index in [4.69, 9.17) is 21.4 Å². The Morgan fingerprint density at radius 2 is 2.00 bits per heavy atom. The van der Waals surface area contributed by atoms with E-state index in [0.717, 1.165) is 5.56 Å². The molecule has 88 valence electrons. The third-order valence-electron chi connectivity index (χ3n) is 1.63. The molecule has 1 aromatic rings. The summed E-state index contributed by atoms with van der Waals surface area (Å²) >= 11 is 7.00. The first kappa shape index (κ1) is 13.7. The van der Waals surface area contributed by atoms with Gasteiger partial charge in [-0.15, -0.1) is 11.8 Å². The van der Waals surface area contributed by atoms with Crippen molar-refractivity contribution in [2.24, 2.45) is 4.76 Å². The van der Waals surface area contributed by atoms with Crippen LogP contribution in [-0.2, 0) is 10.3 Å². The van der Waals surface area contributed by atoms with Gasteiger partial charge in [-0.2, -0.15) is 4.76 Å². The third-order valence-corrected chi connectivity index (χ3v) is 3.57. The lowest BCUT2D eigenvalue weighted by atomic mass is 10.2. The van der Waals surface area contributed by atoms with Crippen LogP contribution < -0.4 is 0 Å². The largest absolute Gasteiger partial charge is 0.449 e. The molecule has 4 nitrogen and oxygen atoms in total. The monoisotopic (exact) mass is 279 g/mol. The highest BCUT2D eigenvalue weighted by Crippen LogP contribution is 2.37. The molecule has 0 saturated heterocycles. The summed E-state index contributed by atoms with van der Waals surface area (Å²) in [6.45, 7) is 1.57. The van der Waals surface area contributed by atoms with Crippen LogP contribution in [0, 0.1) is 0 Å². The van der Waals surface area contributed by atoms with Crippen LogP contribution in [0.3, 0.4) is 0 Å². The number of halogens is 1. The van der Waals surface area contributed by atoms with Crippen molar-refractivity contribution in [2.75, 3.05) is 0 Å². The fraction of sp³-hybridized carbons (Fsp3) is 0.222. The molecule has 0 unspecified atom stereocenters. The van der Waals surface area contributed by atoms with Gasteiger partial charge in [0, 0.05) is 10.8 Å². The summed E-state index contributed by atoms with van der Waals surface area (Å²) in [5, 5.41) is 1.03. The summed E-state index contributed by atoms with van der Waals surface area (Å²) in [6.07, 6.45) is 0. The number of thioether (sulfide) groups is 1. The Labute approximate surface area is 103 Å². The lowest BCUT2D eigenvalue weighted by Gasteiger charge is -2.02. The van der Waals surface area contributed by atoms with Gasteiger partial charge in [-0.1, -0.05) is 23.7 Å². The summed E-state index contributed by atoms with van der Waals surface area (Å²) in [4.78, 5) is 17.2. The molecule has 1 rings (SSSR count). The Bertz CT molecular complexity index is 429. The zero-order chi connectivity index (χ0) is 12.2. The molecular weight excluding hydrogens is 269 g/mol. The Kier molecular flexibility index (Phi) is 5.02. The first-order valence-corrected chi connectivity index (χ1v) is 7.29. The summed E-state index contributed by atoms with van der Waals surface area (Å²) in [7, 11) is -4.30. The molecule has 16 heavy (non-hydrogen) atoms. The zero-order valence-corrected chi connectivity index (χ0v) is 11.0. The van der Waals surface area contributed by atoms with E-state index in [1.165, 1.54) is 11.8 Å². The number of nitrogens with zero attached hydrogens (tertiary/aromatic N) is 1. The summed E-state index contributed by atoms with van der Waals surface area (Å²) < 4.78 is 13.8. The van der Waals surface area contributed by atoms with Gasteiger partial charge in [0.2, 0.25) is 0 Å². The van der Waals surface area contributed by atoms with Crippen LogP contribution in [0.15, 0.2) is 29.0 Å². The van der Waals surface area contributed by atoms with Crippen molar-refractivity contribution in [2.45, 2.75) is 12.7 Å². The molecular formula is C9H11ClNO3PS. The van der Waals surface area contributed by atoms with Gasteiger partial charge < -0.3 is 9.79 Å². The lowest BCUT2D eigenvalue weighted by Crippen LogP contribution is -1.87. The highest BCUT2D eigenvalue weighted by atomic mass is 35.5. The Hall–Kier alpha value is -0.320. The van der Waals surface area contributed by atoms with Gasteiger partial charge >= 0.3 is 7.75 Å². The SMILES string of the molecule is C/C(=N\P(=O)(O)O)SCc1ccc(Cl)cc1. The van der Waals surface area contributed by atoms with Crippen LogP contribution in [-0.4, -0.2) is 14.8 Å². The van der Waals surface area contributed by atoms with Crippen LogP contribution in [0.25, 0.3) is 0 Å². The number of benzene rings is 1. The molecule has 0 aliphatic rings. The minimum atomic E-state index is -4.30. The van der Waals surface area contributed by atoms with E-state index in [1.54, 1.807) is 19.1 Å². The molecule has 1 aromatic carbocycles. The van der Waals surface area contributed by atoms with Gasteiger partial charge in [0.1, 0.15) is 0 Å². The zero-order valence-electron chi connectivity index (χ0n) is 8.50. The van der Waals surface area contributed by atoms with Crippen molar-refractivity contribution in [1.82, 2.24) is 0 Å². The molecule has 0 aliphatic heterocycles. The van der Waals surface area contributed by atoms with E-state index in [1.807, 2.05) is 12.1 Å². The van der Waals surface area contributed by atoms with Gasteiger partial charge in [0.15, 0.2) is 0 Å².